The van der Waals surface area contributed by atoms with Crippen LogP contribution in [0.1, 0.15) is 15.9 Å². The lowest BCUT2D eigenvalue weighted by Gasteiger charge is -2.05. The number of nitrogens with one attached hydrogen (secondary N) is 1. The van der Waals surface area contributed by atoms with Crippen LogP contribution in [0, 0.1) is 5.82 Å². The molecule has 3 rings (SSSR count). The number of nitrogens with zero attached hydrogens (tertiary/aromatic N) is 1. The van der Waals surface area contributed by atoms with Gasteiger partial charge in [0.25, 0.3) is 5.91 Å². The van der Waals surface area contributed by atoms with Gasteiger partial charge in [-0.1, -0.05) is 35.5 Å². The van der Waals surface area contributed by atoms with Gasteiger partial charge in [0.05, 0.1) is 6.20 Å². The second-order valence-electron chi connectivity index (χ2n) is 4.74. The molecule has 1 amide bonds. The Morgan fingerprint density at radius 3 is 2.55 bits per heavy atom. The minimum Gasteiger partial charge on any atom is -0.355 e. The molecule has 0 aliphatic rings. The molecule has 4 nitrogen and oxygen atoms in total. The van der Waals surface area contributed by atoms with Crippen LogP contribution in [0.15, 0.2) is 65.3 Å². The van der Waals surface area contributed by atoms with Gasteiger partial charge in [0.1, 0.15) is 11.4 Å². The van der Waals surface area contributed by atoms with Crippen LogP contribution in [-0.4, -0.2) is 11.1 Å². The molecule has 0 unspecified atom stereocenters. The van der Waals surface area contributed by atoms with Gasteiger partial charge in [-0.2, -0.15) is 0 Å². The van der Waals surface area contributed by atoms with Crippen molar-refractivity contribution in [2.45, 2.75) is 6.54 Å². The van der Waals surface area contributed by atoms with E-state index in [1.165, 1.54) is 18.3 Å². The molecule has 1 heterocycles. The fourth-order valence-corrected chi connectivity index (χ4v) is 2.08. The molecule has 22 heavy (non-hydrogen) atoms. The number of amides is 1. The SMILES string of the molecule is O=C(NCc1ccccc1)c1cnoc1-c1ccc(F)cc1. The second kappa shape index (κ2) is 6.22. The third-order valence-electron chi connectivity index (χ3n) is 3.22. The molecule has 2 aromatic carbocycles. The average molecular weight is 296 g/mol. The van der Waals surface area contributed by atoms with Gasteiger partial charge in [-0.25, -0.2) is 4.39 Å². The summed E-state index contributed by atoms with van der Waals surface area (Å²) >= 11 is 0. The smallest absolute Gasteiger partial charge is 0.257 e. The van der Waals surface area contributed by atoms with Gasteiger partial charge in [-0.3, -0.25) is 4.79 Å². The normalized spacial score (nSPS) is 10.4. The van der Waals surface area contributed by atoms with Crippen molar-refractivity contribution in [3.05, 3.63) is 77.7 Å². The van der Waals surface area contributed by atoms with Gasteiger partial charge in [0.15, 0.2) is 5.76 Å². The molecule has 0 atom stereocenters. The zero-order valence-corrected chi connectivity index (χ0v) is 11.6. The first kappa shape index (κ1) is 14.0. The van der Waals surface area contributed by atoms with E-state index in [4.69, 9.17) is 4.52 Å². The Labute approximate surface area is 126 Å². The van der Waals surface area contributed by atoms with Crippen molar-refractivity contribution in [2.24, 2.45) is 0 Å². The Hall–Kier alpha value is -2.95. The van der Waals surface area contributed by atoms with Crippen LogP contribution < -0.4 is 5.32 Å². The molecular weight excluding hydrogens is 283 g/mol. The Bertz CT molecular complexity index is 767. The highest BCUT2D eigenvalue weighted by molar-refractivity contribution is 5.99. The zero-order chi connectivity index (χ0) is 15.4. The standard InChI is InChI=1S/C17H13FN2O2/c18-14-8-6-13(7-9-14)16-15(11-20-22-16)17(21)19-10-12-4-2-1-3-5-12/h1-9,11H,10H2,(H,19,21). The van der Waals surface area contributed by atoms with E-state index in [1.807, 2.05) is 30.3 Å². The van der Waals surface area contributed by atoms with E-state index in [0.29, 0.717) is 23.4 Å². The van der Waals surface area contributed by atoms with Crippen molar-refractivity contribution in [3.63, 3.8) is 0 Å². The molecule has 0 aliphatic carbocycles. The lowest BCUT2D eigenvalue weighted by molar-refractivity contribution is 0.0951. The molecule has 0 aliphatic heterocycles. The van der Waals surface area contributed by atoms with Crippen LogP contribution in [0.5, 0.6) is 0 Å². The van der Waals surface area contributed by atoms with Crippen molar-refractivity contribution in [2.75, 3.05) is 0 Å². The number of hydrogen-bond donors (Lipinski definition) is 1. The third-order valence-corrected chi connectivity index (χ3v) is 3.22. The summed E-state index contributed by atoms with van der Waals surface area (Å²) in [5.74, 6) is -0.312. The van der Waals surface area contributed by atoms with Crippen LogP contribution >= 0.6 is 0 Å². The first-order chi connectivity index (χ1) is 10.7. The van der Waals surface area contributed by atoms with Gasteiger partial charge >= 0.3 is 0 Å². The maximum absolute atomic E-state index is 13.0. The summed E-state index contributed by atoms with van der Waals surface area (Å²) in [6.45, 7) is 0.410. The summed E-state index contributed by atoms with van der Waals surface area (Å²) in [6, 6.07) is 15.3. The van der Waals surface area contributed by atoms with Crippen LogP contribution in [0.25, 0.3) is 11.3 Å². The van der Waals surface area contributed by atoms with E-state index in [2.05, 4.69) is 10.5 Å². The van der Waals surface area contributed by atoms with Crippen LogP contribution in [0.3, 0.4) is 0 Å². The lowest BCUT2D eigenvalue weighted by Crippen LogP contribution is -2.22. The molecule has 1 aromatic heterocycles. The fourth-order valence-electron chi connectivity index (χ4n) is 2.08. The van der Waals surface area contributed by atoms with Gasteiger partial charge < -0.3 is 9.84 Å². The lowest BCUT2D eigenvalue weighted by atomic mass is 10.1. The minimum absolute atomic E-state index is 0.288. The predicted molar refractivity (Wildman–Crippen MR) is 79.5 cm³/mol. The summed E-state index contributed by atoms with van der Waals surface area (Å²) < 4.78 is 18.1. The number of carbonyl (C=O) groups is 1. The molecular formula is C17H13FN2O2. The van der Waals surface area contributed by atoms with E-state index in [1.54, 1.807) is 12.1 Å². The number of aromatic nitrogens is 1. The van der Waals surface area contributed by atoms with Crippen molar-refractivity contribution in [1.29, 1.82) is 0 Å². The van der Waals surface area contributed by atoms with Crippen molar-refractivity contribution in [3.8, 4) is 11.3 Å². The maximum atomic E-state index is 13.0. The third kappa shape index (κ3) is 3.03. The molecule has 0 bridgehead atoms. The molecule has 0 saturated heterocycles. The first-order valence-corrected chi connectivity index (χ1v) is 6.77. The van der Waals surface area contributed by atoms with E-state index >= 15 is 0 Å². The number of carbonyl (C=O) groups excluding carboxylic acids is 1. The topological polar surface area (TPSA) is 55.1 Å². The van der Waals surface area contributed by atoms with E-state index < -0.39 is 0 Å². The summed E-state index contributed by atoms with van der Waals surface area (Å²) in [5.41, 5.74) is 1.92. The highest BCUT2D eigenvalue weighted by Crippen LogP contribution is 2.23. The van der Waals surface area contributed by atoms with Gasteiger partial charge in [-0.15, -0.1) is 0 Å². The quantitative estimate of drug-likeness (QED) is 0.802. The Morgan fingerprint density at radius 2 is 1.82 bits per heavy atom. The number of hydrogen-bond acceptors (Lipinski definition) is 3. The van der Waals surface area contributed by atoms with Gasteiger partial charge in [0.2, 0.25) is 0 Å². The summed E-state index contributed by atoms with van der Waals surface area (Å²) in [4.78, 5) is 12.3. The molecule has 0 spiro atoms. The first-order valence-electron chi connectivity index (χ1n) is 6.77. The number of benzene rings is 2. The Balaban J connectivity index is 1.76. The highest BCUT2D eigenvalue weighted by Gasteiger charge is 2.17. The van der Waals surface area contributed by atoms with Gasteiger partial charge in [0, 0.05) is 12.1 Å². The van der Waals surface area contributed by atoms with Crippen LogP contribution in [0.2, 0.25) is 0 Å². The molecule has 0 fully saturated rings. The van der Waals surface area contributed by atoms with Crippen molar-refractivity contribution >= 4 is 5.91 Å². The molecule has 3 aromatic rings. The maximum Gasteiger partial charge on any atom is 0.257 e. The summed E-state index contributed by atoms with van der Waals surface area (Å²) in [6.07, 6.45) is 1.36. The second-order valence-corrected chi connectivity index (χ2v) is 4.74. The number of halogens is 1. The minimum atomic E-state index is -0.349. The molecule has 1 N–H and O–H groups in total. The van der Waals surface area contributed by atoms with E-state index in [9.17, 15) is 9.18 Å². The largest absolute Gasteiger partial charge is 0.355 e. The molecule has 110 valence electrons. The van der Waals surface area contributed by atoms with Crippen molar-refractivity contribution in [1.82, 2.24) is 10.5 Å². The number of rotatable bonds is 4. The molecule has 5 heteroatoms. The Kier molecular flexibility index (Phi) is 3.96. The summed E-state index contributed by atoms with van der Waals surface area (Å²) in [7, 11) is 0. The van der Waals surface area contributed by atoms with Crippen molar-refractivity contribution < 1.29 is 13.7 Å². The van der Waals surface area contributed by atoms with Gasteiger partial charge in [-0.05, 0) is 29.8 Å². The Morgan fingerprint density at radius 1 is 1.09 bits per heavy atom. The summed E-state index contributed by atoms with van der Waals surface area (Å²) in [5, 5.41) is 6.48. The predicted octanol–water partition coefficient (Wildman–Crippen LogP) is 3.41. The monoisotopic (exact) mass is 296 g/mol. The van der Waals surface area contributed by atoms with Crippen LogP contribution in [0.4, 0.5) is 4.39 Å². The van der Waals surface area contributed by atoms with E-state index in [-0.39, 0.29) is 11.7 Å². The fraction of sp³-hybridized carbons (Fsp3) is 0.0588. The molecule has 0 radical (unpaired) electrons. The zero-order valence-electron chi connectivity index (χ0n) is 11.6. The molecule has 0 saturated carbocycles. The average Bonchev–Trinajstić information content (AvgIpc) is 3.04. The van der Waals surface area contributed by atoms with E-state index in [0.717, 1.165) is 5.56 Å². The van der Waals surface area contributed by atoms with Crippen LogP contribution in [-0.2, 0) is 6.54 Å². The highest BCUT2D eigenvalue weighted by atomic mass is 19.1.